The van der Waals surface area contributed by atoms with Gasteiger partial charge >= 0.3 is 6.03 Å². The van der Waals surface area contributed by atoms with E-state index in [0.29, 0.717) is 29.4 Å². The Morgan fingerprint density at radius 3 is 2.56 bits per heavy atom. The van der Waals surface area contributed by atoms with E-state index in [1.54, 1.807) is 43.5 Å². The number of amides is 2. The number of methoxy groups -OCH3 is 1. The molecule has 6 nitrogen and oxygen atoms in total. The predicted octanol–water partition coefficient (Wildman–Crippen LogP) is 3.46. The van der Waals surface area contributed by atoms with Crippen molar-refractivity contribution in [3.8, 4) is 11.5 Å². The number of ketones is 1. The average Bonchev–Trinajstić information content (AvgIpc) is 2.68. The van der Waals surface area contributed by atoms with Gasteiger partial charge in [0.2, 0.25) is 0 Å². The second-order valence-electron chi connectivity index (χ2n) is 6.15. The van der Waals surface area contributed by atoms with Crippen LogP contribution in [0.15, 0.2) is 60.8 Å². The number of Topliss-reactive ketones (excluding diaryl/α,β-unsaturated/α-hetero) is 1. The van der Waals surface area contributed by atoms with Crippen LogP contribution in [0, 0.1) is 5.92 Å². The van der Waals surface area contributed by atoms with Gasteiger partial charge in [0.25, 0.3) is 0 Å². The Labute approximate surface area is 158 Å². The van der Waals surface area contributed by atoms with Crippen molar-refractivity contribution >= 4 is 11.8 Å². The number of nitrogens with one attached hydrogen (secondary N) is 2. The maximum absolute atomic E-state index is 13.1. The molecular weight excluding hydrogens is 344 g/mol. The fourth-order valence-electron chi connectivity index (χ4n) is 3.21. The molecule has 0 spiro atoms. The van der Waals surface area contributed by atoms with Gasteiger partial charge in [0.1, 0.15) is 0 Å². The van der Waals surface area contributed by atoms with Crippen molar-refractivity contribution in [1.82, 2.24) is 10.6 Å². The van der Waals surface area contributed by atoms with Crippen LogP contribution in [-0.2, 0) is 0 Å². The number of carbonyl (C=O) groups excluding carboxylic acids is 2. The van der Waals surface area contributed by atoms with Crippen molar-refractivity contribution in [2.24, 2.45) is 5.92 Å². The summed E-state index contributed by atoms with van der Waals surface area (Å²) in [6.07, 6.45) is 0. The van der Waals surface area contributed by atoms with Gasteiger partial charge in [-0.15, -0.1) is 0 Å². The van der Waals surface area contributed by atoms with Gasteiger partial charge in [-0.25, -0.2) is 4.79 Å². The zero-order valence-corrected chi connectivity index (χ0v) is 15.3. The first-order chi connectivity index (χ1) is 13.0. The van der Waals surface area contributed by atoms with E-state index in [9.17, 15) is 9.59 Å². The average molecular weight is 366 g/mol. The van der Waals surface area contributed by atoms with Crippen LogP contribution in [0.25, 0.3) is 0 Å². The largest absolute Gasteiger partial charge is 0.493 e. The first-order valence-electron chi connectivity index (χ1n) is 8.71. The molecule has 27 heavy (non-hydrogen) atoms. The summed E-state index contributed by atoms with van der Waals surface area (Å²) < 4.78 is 10.9. The Balaban J connectivity index is 2.00. The monoisotopic (exact) mass is 366 g/mol. The van der Waals surface area contributed by atoms with Gasteiger partial charge in [0.05, 0.1) is 25.7 Å². The molecule has 0 saturated carbocycles. The van der Waals surface area contributed by atoms with Crippen LogP contribution in [0.5, 0.6) is 11.5 Å². The number of ether oxygens (including phenoxy) is 2. The highest BCUT2D eigenvalue weighted by molar-refractivity contribution is 6.01. The molecule has 1 aliphatic rings. The third-order valence-corrected chi connectivity index (χ3v) is 4.46. The van der Waals surface area contributed by atoms with Crippen molar-refractivity contribution in [1.29, 1.82) is 0 Å². The molecule has 140 valence electrons. The van der Waals surface area contributed by atoms with Crippen molar-refractivity contribution < 1.29 is 19.1 Å². The normalized spacial score (nSPS) is 19.0. The summed E-state index contributed by atoms with van der Waals surface area (Å²) in [5.41, 5.74) is 1.66. The predicted molar refractivity (Wildman–Crippen MR) is 102 cm³/mol. The molecule has 2 aromatic carbocycles. The number of urea groups is 1. The number of carbonyl (C=O) groups is 2. The zero-order valence-electron chi connectivity index (χ0n) is 15.3. The van der Waals surface area contributed by atoms with Crippen molar-refractivity contribution in [2.75, 3.05) is 13.7 Å². The van der Waals surface area contributed by atoms with Crippen molar-refractivity contribution in [2.45, 2.75) is 13.0 Å². The van der Waals surface area contributed by atoms with Gasteiger partial charge in [-0.1, -0.05) is 43.0 Å². The van der Waals surface area contributed by atoms with Gasteiger partial charge < -0.3 is 20.1 Å². The Morgan fingerprint density at radius 2 is 1.89 bits per heavy atom. The standard InChI is InChI=1S/C21H22N2O4/c1-4-27-16-11-10-15(12-17(16)26-3)19-18(13(2)22-21(25)23-19)20(24)14-8-6-5-7-9-14/h5-12,18-19H,2,4H2,1,3H3,(H2,22,23,25)/t18-,19-/m0/s1. The second-order valence-corrected chi connectivity index (χ2v) is 6.15. The molecular formula is C21H22N2O4. The van der Waals surface area contributed by atoms with Gasteiger partial charge in [-0.05, 0) is 24.6 Å². The molecule has 0 aliphatic carbocycles. The molecule has 0 aromatic heterocycles. The lowest BCUT2D eigenvalue weighted by atomic mass is 9.83. The Kier molecular flexibility index (Phi) is 5.45. The lowest BCUT2D eigenvalue weighted by Gasteiger charge is -2.34. The molecule has 2 atom stereocenters. The van der Waals surface area contributed by atoms with Crippen LogP contribution in [0.1, 0.15) is 28.9 Å². The third-order valence-electron chi connectivity index (χ3n) is 4.46. The Bertz CT molecular complexity index is 864. The zero-order chi connectivity index (χ0) is 19.4. The van der Waals surface area contributed by atoms with E-state index in [1.807, 2.05) is 19.1 Å². The van der Waals surface area contributed by atoms with Crippen LogP contribution in [-0.4, -0.2) is 25.5 Å². The third kappa shape index (κ3) is 3.79. The Hall–Kier alpha value is -3.28. The molecule has 0 bridgehead atoms. The van der Waals surface area contributed by atoms with E-state index >= 15 is 0 Å². The van der Waals surface area contributed by atoms with E-state index in [-0.39, 0.29) is 5.78 Å². The topological polar surface area (TPSA) is 76.7 Å². The van der Waals surface area contributed by atoms with Gasteiger partial charge in [0, 0.05) is 11.3 Å². The molecule has 2 amide bonds. The first kappa shape index (κ1) is 18.5. The highest BCUT2D eigenvalue weighted by atomic mass is 16.5. The minimum atomic E-state index is -0.646. The maximum atomic E-state index is 13.1. The second kappa shape index (κ2) is 7.95. The summed E-state index contributed by atoms with van der Waals surface area (Å²) in [4.78, 5) is 25.2. The smallest absolute Gasteiger partial charge is 0.319 e. The highest BCUT2D eigenvalue weighted by Crippen LogP contribution is 2.36. The van der Waals surface area contributed by atoms with E-state index < -0.39 is 18.0 Å². The first-order valence-corrected chi connectivity index (χ1v) is 8.71. The van der Waals surface area contributed by atoms with E-state index in [1.165, 1.54) is 0 Å². The van der Waals surface area contributed by atoms with Crippen LogP contribution in [0.2, 0.25) is 0 Å². The SMILES string of the molecule is C=C1NC(=O)N[C@@H](c2ccc(OCC)c(OC)c2)[C@H]1C(=O)c1ccccc1. The fraction of sp³-hybridized carbons (Fsp3) is 0.238. The van der Waals surface area contributed by atoms with Crippen LogP contribution in [0.4, 0.5) is 4.79 Å². The summed E-state index contributed by atoms with van der Waals surface area (Å²) in [5.74, 6) is 0.381. The van der Waals surface area contributed by atoms with E-state index in [4.69, 9.17) is 9.47 Å². The number of hydrogen-bond donors (Lipinski definition) is 2. The van der Waals surface area contributed by atoms with Crippen molar-refractivity contribution in [3.05, 3.63) is 71.9 Å². The van der Waals surface area contributed by atoms with Crippen LogP contribution in [0.3, 0.4) is 0 Å². The van der Waals surface area contributed by atoms with Crippen LogP contribution >= 0.6 is 0 Å². The summed E-state index contributed by atoms with van der Waals surface area (Å²) in [6.45, 7) is 6.30. The molecule has 0 radical (unpaired) electrons. The lowest BCUT2D eigenvalue weighted by Crippen LogP contribution is -2.50. The molecule has 1 aliphatic heterocycles. The summed E-state index contributed by atoms with van der Waals surface area (Å²) in [5, 5.41) is 5.46. The minimum Gasteiger partial charge on any atom is -0.493 e. The quantitative estimate of drug-likeness (QED) is 0.768. The fourth-order valence-corrected chi connectivity index (χ4v) is 3.21. The van der Waals surface area contributed by atoms with E-state index in [0.717, 1.165) is 5.56 Å². The van der Waals surface area contributed by atoms with Gasteiger partial charge in [-0.2, -0.15) is 0 Å². The minimum absolute atomic E-state index is 0.119. The molecule has 2 N–H and O–H groups in total. The summed E-state index contributed by atoms with van der Waals surface area (Å²) >= 11 is 0. The number of rotatable bonds is 6. The molecule has 6 heteroatoms. The van der Waals surface area contributed by atoms with Crippen LogP contribution < -0.4 is 20.1 Å². The molecule has 0 unspecified atom stereocenters. The summed E-state index contributed by atoms with van der Waals surface area (Å²) in [6, 6.07) is 13.4. The maximum Gasteiger partial charge on any atom is 0.319 e. The van der Waals surface area contributed by atoms with Crippen molar-refractivity contribution in [3.63, 3.8) is 0 Å². The number of benzene rings is 2. The molecule has 1 saturated heterocycles. The summed E-state index contributed by atoms with van der Waals surface area (Å²) in [7, 11) is 1.55. The van der Waals surface area contributed by atoms with Gasteiger partial charge in [-0.3, -0.25) is 4.79 Å². The van der Waals surface area contributed by atoms with E-state index in [2.05, 4.69) is 17.2 Å². The molecule has 3 rings (SSSR count). The molecule has 2 aromatic rings. The number of hydrogen-bond acceptors (Lipinski definition) is 4. The molecule has 1 heterocycles. The van der Waals surface area contributed by atoms with Gasteiger partial charge in [0.15, 0.2) is 17.3 Å². The lowest BCUT2D eigenvalue weighted by molar-refractivity contribution is 0.0905. The molecule has 1 fully saturated rings. The highest BCUT2D eigenvalue weighted by Gasteiger charge is 2.38. The Morgan fingerprint density at radius 1 is 1.15 bits per heavy atom.